The number of ether oxygens (including phenoxy) is 2. The maximum absolute atomic E-state index is 13.4. The fourth-order valence-corrected chi connectivity index (χ4v) is 6.22. The zero-order chi connectivity index (χ0) is 24.6. The molecule has 0 bridgehead atoms. The molecule has 0 saturated carbocycles. The first-order chi connectivity index (χ1) is 16.3. The van der Waals surface area contributed by atoms with Gasteiger partial charge in [-0.15, -0.1) is 0 Å². The Balaban J connectivity index is 1.78. The zero-order valence-corrected chi connectivity index (χ0v) is 20.6. The van der Waals surface area contributed by atoms with E-state index in [-0.39, 0.29) is 23.3 Å². The Bertz CT molecular complexity index is 990. The van der Waals surface area contributed by atoms with Gasteiger partial charge in [0.1, 0.15) is 6.10 Å². The lowest BCUT2D eigenvalue weighted by Crippen LogP contribution is -2.47. The molecular formula is C26H35NO6S. The average Bonchev–Trinajstić information content (AvgIpc) is 3.32. The summed E-state index contributed by atoms with van der Waals surface area (Å²) in [6.45, 7) is 4.81. The molecule has 186 valence electrons. The zero-order valence-electron chi connectivity index (χ0n) is 19.8. The first-order valence-electron chi connectivity index (χ1n) is 11.8. The molecule has 1 aliphatic heterocycles. The van der Waals surface area contributed by atoms with E-state index in [1.165, 1.54) is 0 Å². The summed E-state index contributed by atoms with van der Waals surface area (Å²) in [7, 11) is -3.67. The normalized spacial score (nSPS) is 18.9. The van der Waals surface area contributed by atoms with Gasteiger partial charge in [0.2, 0.25) is 0 Å². The molecule has 0 spiro atoms. The molecule has 8 heteroatoms. The Hall–Kier alpha value is -2.42. The van der Waals surface area contributed by atoms with Crippen LogP contribution in [0.2, 0.25) is 0 Å². The quantitative estimate of drug-likeness (QED) is 0.498. The number of aliphatic hydroxyl groups is 1. The number of hydrogen-bond acceptors (Lipinski definition) is 6. The third kappa shape index (κ3) is 7.55. The molecule has 0 radical (unpaired) electrons. The molecule has 1 saturated heterocycles. The molecule has 1 amide bonds. The smallest absolute Gasteiger partial charge is 0.407 e. The summed E-state index contributed by atoms with van der Waals surface area (Å²) in [5, 5.41) is 13.2. The third-order valence-electron chi connectivity index (χ3n) is 5.98. The van der Waals surface area contributed by atoms with Crippen molar-refractivity contribution < 1.29 is 27.8 Å². The lowest BCUT2D eigenvalue weighted by Gasteiger charge is -2.28. The van der Waals surface area contributed by atoms with Crippen LogP contribution in [-0.2, 0) is 25.7 Å². The molecule has 4 atom stereocenters. The van der Waals surface area contributed by atoms with E-state index in [4.69, 9.17) is 9.47 Å². The Morgan fingerprint density at radius 3 is 2.32 bits per heavy atom. The predicted molar refractivity (Wildman–Crippen MR) is 130 cm³/mol. The third-order valence-corrected chi connectivity index (χ3v) is 8.17. The first-order valence-corrected chi connectivity index (χ1v) is 13.4. The molecule has 7 nitrogen and oxygen atoms in total. The maximum Gasteiger partial charge on any atom is 0.407 e. The number of sulfone groups is 1. The number of alkyl carbamates (subject to hydrolysis) is 1. The van der Waals surface area contributed by atoms with Gasteiger partial charge in [0.05, 0.1) is 35.5 Å². The Morgan fingerprint density at radius 1 is 1.09 bits per heavy atom. The Kier molecular flexibility index (Phi) is 9.50. The summed E-state index contributed by atoms with van der Waals surface area (Å²) in [6, 6.07) is 17.1. The molecule has 1 aliphatic rings. The molecule has 2 aromatic carbocycles. The van der Waals surface area contributed by atoms with Crippen LogP contribution < -0.4 is 5.32 Å². The van der Waals surface area contributed by atoms with Crippen molar-refractivity contribution in [3.8, 4) is 0 Å². The molecule has 2 aromatic rings. The van der Waals surface area contributed by atoms with Crippen LogP contribution in [0.3, 0.4) is 0 Å². The highest BCUT2D eigenvalue weighted by molar-refractivity contribution is 7.92. The number of hydrogen-bond donors (Lipinski definition) is 2. The molecule has 0 aliphatic carbocycles. The van der Waals surface area contributed by atoms with Crippen LogP contribution in [0, 0.1) is 5.92 Å². The van der Waals surface area contributed by atoms with Crippen molar-refractivity contribution >= 4 is 15.9 Å². The summed E-state index contributed by atoms with van der Waals surface area (Å²) in [6.07, 6.45) is -0.669. The van der Waals surface area contributed by atoms with Crippen LogP contribution in [0.4, 0.5) is 4.79 Å². The van der Waals surface area contributed by atoms with Crippen molar-refractivity contribution in [3.63, 3.8) is 0 Å². The molecule has 3 rings (SSSR count). The summed E-state index contributed by atoms with van der Waals surface area (Å²) >= 11 is 0. The van der Waals surface area contributed by atoms with Crippen LogP contribution in [0.5, 0.6) is 0 Å². The molecule has 2 N–H and O–H groups in total. The minimum atomic E-state index is -3.67. The highest BCUT2D eigenvalue weighted by Gasteiger charge is 2.34. The van der Waals surface area contributed by atoms with Gasteiger partial charge in [0, 0.05) is 6.42 Å². The second-order valence-electron chi connectivity index (χ2n) is 9.24. The molecule has 1 fully saturated rings. The number of nitrogens with one attached hydrogen (secondary N) is 1. The lowest BCUT2D eigenvalue weighted by molar-refractivity contribution is 0.0669. The van der Waals surface area contributed by atoms with Crippen molar-refractivity contribution in [2.75, 3.05) is 13.2 Å². The Morgan fingerprint density at radius 2 is 1.74 bits per heavy atom. The van der Waals surface area contributed by atoms with Gasteiger partial charge in [-0.25, -0.2) is 13.2 Å². The minimum absolute atomic E-state index is 0.000270. The van der Waals surface area contributed by atoms with Crippen molar-refractivity contribution in [2.24, 2.45) is 5.92 Å². The van der Waals surface area contributed by atoms with E-state index < -0.39 is 33.3 Å². The standard InChI is InChI=1S/C26H35NO6S/c1-19(2)15-23(34(30,31)22-11-7-4-8-12-22)17-25(28)24(16-20-9-5-3-6-10-20)27-26(29)33-21-13-14-32-18-21/h3-12,19,21,23-25,28H,13-18H2,1-2H3,(H,27,29)/t21-,23?,24-,25+/m0/s1. The number of carbonyl (C=O) groups excluding carboxylic acids is 1. The van der Waals surface area contributed by atoms with Crippen molar-refractivity contribution in [1.29, 1.82) is 0 Å². The van der Waals surface area contributed by atoms with Crippen LogP contribution in [0.1, 0.15) is 38.7 Å². The highest BCUT2D eigenvalue weighted by Crippen LogP contribution is 2.26. The Labute approximate surface area is 202 Å². The fourth-order valence-electron chi connectivity index (χ4n) is 4.21. The number of carbonyl (C=O) groups is 1. The molecule has 1 unspecified atom stereocenters. The van der Waals surface area contributed by atoms with Gasteiger partial charge in [0.15, 0.2) is 9.84 Å². The van der Waals surface area contributed by atoms with Crippen molar-refractivity contribution in [2.45, 2.75) is 67.9 Å². The number of amides is 1. The summed E-state index contributed by atoms with van der Waals surface area (Å²) < 4.78 is 37.5. The van der Waals surface area contributed by atoms with Gasteiger partial charge in [-0.05, 0) is 42.9 Å². The van der Waals surface area contributed by atoms with Gasteiger partial charge in [-0.3, -0.25) is 0 Å². The van der Waals surface area contributed by atoms with Gasteiger partial charge in [-0.1, -0.05) is 62.4 Å². The summed E-state index contributed by atoms with van der Waals surface area (Å²) in [4.78, 5) is 12.8. The topological polar surface area (TPSA) is 102 Å². The van der Waals surface area contributed by atoms with Gasteiger partial charge < -0.3 is 19.9 Å². The van der Waals surface area contributed by atoms with E-state index in [9.17, 15) is 18.3 Å². The van der Waals surface area contributed by atoms with Crippen molar-refractivity contribution in [1.82, 2.24) is 5.32 Å². The summed E-state index contributed by atoms with van der Waals surface area (Å²) in [5.74, 6) is 0.114. The minimum Gasteiger partial charge on any atom is -0.444 e. The van der Waals surface area contributed by atoms with Crippen LogP contribution in [0.25, 0.3) is 0 Å². The molecule has 0 aromatic heterocycles. The van der Waals surface area contributed by atoms with E-state index in [1.807, 2.05) is 44.2 Å². The van der Waals surface area contributed by atoms with Gasteiger partial charge in [-0.2, -0.15) is 0 Å². The monoisotopic (exact) mass is 489 g/mol. The molecule has 34 heavy (non-hydrogen) atoms. The van der Waals surface area contributed by atoms with Crippen LogP contribution in [-0.4, -0.2) is 56.3 Å². The van der Waals surface area contributed by atoms with E-state index >= 15 is 0 Å². The largest absolute Gasteiger partial charge is 0.444 e. The average molecular weight is 490 g/mol. The number of rotatable bonds is 11. The van der Waals surface area contributed by atoms with Gasteiger partial charge >= 0.3 is 6.09 Å². The summed E-state index contributed by atoms with van der Waals surface area (Å²) in [5.41, 5.74) is 0.919. The fraction of sp³-hybridized carbons (Fsp3) is 0.500. The second kappa shape index (κ2) is 12.3. The van der Waals surface area contributed by atoms with Gasteiger partial charge in [0.25, 0.3) is 0 Å². The van der Waals surface area contributed by atoms with Crippen LogP contribution in [0.15, 0.2) is 65.6 Å². The first kappa shape index (κ1) is 26.2. The van der Waals surface area contributed by atoms with E-state index in [0.29, 0.717) is 32.5 Å². The van der Waals surface area contributed by atoms with Crippen LogP contribution >= 0.6 is 0 Å². The molecular weight excluding hydrogens is 454 g/mol. The lowest BCUT2D eigenvalue weighted by atomic mass is 9.95. The van der Waals surface area contributed by atoms with Crippen molar-refractivity contribution in [3.05, 3.63) is 66.2 Å². The number of aliphatic hydroxyl groups excluding tert-OH is 1. The molecule has 1 heterocycles. The predicted octanol–water partition coefficient (Wildman–Crippen LogP) is 3.75. The SMILES string of the molecule is CC(C)CC(C[C@@H](O)[C@H](Cc1ccccc1)NC(=O)O[C@H]1CCOC1)S(=O)(=O)c1ccccc1. The van der Waals surface area contributed by atoms with E-state index in [2.05, 4.69) is 5.32 Å². The highest BCUT2D eigenvalue weighted by atomic mass is 32.2. The second-order valence-corrected chi connectivity index (χ2v) is 11.5. The van der Waals surface area contributed by atoms with E-state index in [1.54, 1.807) is 30.3 Å². The number of benzene rings is 2. The van der Waals surface area contributed by atoms with E-state index in [0.717, 1.165) is 5.56 Å². The maximum atomic E-state index is 13.4.